The number of para-hydroxylation sites is 1. The predicted octanol–water partition coefficient (Wildman–Crippen LogP) is 3.97. The molecule has 4 heterocycles. The topological polar surface area (TPSA) is 62.9 Å². The first-order valence-electron chi connectivity index (χ1n) is 12.2. The number of aromatic nitrogens is 3. The van der Waals surface area contributed by atoms with Gasteiger partial charge < -0.3 is 14.4 Å². The van der Waals surface area contributed by atoms with Gasteiger partial charge in [0.1, 0.15) is 17.0 Å². The number of piperazine rings is 1. The van der Waals surface area contributed by atoms with Crippen molar-refractivity contribution in [3.63, 3.8) is 0 Å². The predicted molar refractivity (Wildman–Crippen MR) is 142 cm³/mol. The molecule has 180 valence electrons. The second kappa shape index (κ2) is 9.00. The van der Waals surface area contributed by atoms with Crippen molar-refractivity contribution < 1.29 is 4.79 Å². The third-order valence-electron chi connectivity index (χ3n) is 6.98. The molecule has 5 aromatic rings. The highest BCUT2D eigenvalue weighted by Crippen LogP contribution is 2.22. The van der Waals surface area contributed by atoms with E-state index in [4.69, 9.17) is 4.98 Å². The van der Waals surface area contributed by atoms with Crippen LogP contribution in [0.15, 0.2) is 89.9 Å². The molecular weight excluding hydrogens is 450 g/mol. The van der Waals surface area contributed by atoms with Crippen LogP contribution in [0.4, 0.5) is 5.69 Å². The zero-order chi connectivity index (χ0) is 24.6. The molecule has 6 rings (SSSR count). The van der Waals surface area contributed by atoms with Crippen molar-refractivity contribution in [3.8, 4) is 0 Å². The lowest BCUT2D eigenvalue weighted by Crippen LogP contribution is -2.49. The van der Waals surface area contributed by atoms with Crippen LogP contribution in [-0.2, 0) is 6.54 Å². The van der Waals surface area contributed by atoms with E-state index in [9.17, 15) is 9.59 Å². The first-order valence-corrected chi connectivity index (χ1v) is 12.2. The normalized spacial score (nSPS) is 14.0. The Hall–Kier alpha value is -4.39. The molecule has 7 heteroatoms. The summed E-state index contributed by atoms with van der Waals surface area (Å²) in [5, 5.41) is 0.459. The largest absolute Gasteiger partial charge is 0.368 e. The average molecular weight is 478 g/mol. The summed E-state index contributed by atoms with van der Waals surface area (Å²) in [5.41, 5.74) is 4.62. The molecule has 1 aliphatic heterocycles. The van der Waals surface area contributed by atoms with Gasteiger partial charge in [0, 0.05) is 44.6 Å². The average Bonchev–Trinajstić information content (AvgIpc) is 3.28. The van der Waals surface area contributed by atoms with Gasteiger partial charge in [-0.1, -0.05) is 54.6 Å². The van der Waals surface area contributed by atoms with E-state index in [0.29, 0.717) is 42.0 Å². The monoisotopic (exact) mass is 477 g/mol. The minimum Gasteiger partial charge on any atom is -0.368 e. The Balaban J connectivity index is 1.41. The standard InChI is InChI=1S/C29H27N5O2/c1-21-9-8-14-33-26(21)30-27-24(28(33)35)19-25(34(27)20-22-10-4-2-5-11-22)29(36)32-17-15-31(16-18-32)23-12-6-3-7-13-23/h2-14,19H,15-18,20H2,1H3. The molecule has 0 aliphatic carbocycles. The van der Waals surface area contributed by atoms with Crippen LogP contribution in [0.1, 0.15) is 21.6 Å². The molecule has 1 amide bonds. The van der Waals surface area contributed by atoms with Crippen LogP contribution in [0.3, 0.4) is 0 Å². The Morgan fingerprint density at radius 3 is 2.28 bits per heavy atom. The summed E-state index contributed by atoms with van der Waals surface area (Å²) in [5.74, 6) is -0.0678. The van der Waals surface area contributed by atoms with E-state index in [1.165, 1.54) is 5.69 Å². The molecule has 0 unspecified atom stereocenters. The van der Waals surface area contributed by atoms with Crippen LogP contribution in [0.5, 0.6) is 0 Å². The fourth-order valence-corrected chi connectivity index (χ4v) is 5.03. The maximum Gasteiger partial charge on any atom is 0.270 e. The van der Waals surface area contributed by atoms with Gasteiger partial charge in [-0.15, -0.1) is 0 Å². The summed E-state index contributed by atoms with van der Waals surface area (Å²) in [7, 11) is 0. The van der Waals surface area contributed by atoms with E-state index in [1.54, 1.807) is 16.7 Å². The van der Waals surface area contributed by atoms with E-state index in [2.05, 4.69) is 17.0 Å². The third-order valence-corrected chi connectivity index (χ3v) is 6.98. The Kier molecular flexibility index (Phi) is 5.52. The van der Waals surface area contributed by atoms with Crippen LogP contribution in [0.25, 0.3) is 16.7 Å². The molecule has 0 bridgehead atoms. The van der Waals surface area contributed by atoms with Crippen molar-refractivity contribution in [1.29, 1.82) is 0 Å². The summed E-state index contributed by atoms with van der Waals surface area (Å²) in [6.07, 6.45) is 1.73. The van der Waals surface area contributed by atoms with Crippen molar-refractivity contribution in [2.24, 2.45) is 0 Å². The molecule has 0 saturated carbocycles. The highest BCUT2D eigenvalue weighted by molar-refractivity contribution is 5.98. The van der Waals surface area contributed by atoms with Gasteiger partial charge in [0.2, 0.25) is 0 Å². The molecule has 2 aromatic carbocycles. The van der Waals surface area contributed by atoms with E-state index in [-0.39, 0.29) is 11.5 Å². The maximum absolute atomic E-state index is 13.8. The van der Waals surface area contributed by atoms with Crippen LogP contribution in [-0.4, -0.2) is 50.9 Å². The van der Waals surface area contributed by atoms with Crippen molar-refractivity contribution in [1.82, 2.24) is 18.9 Å². The number of hydrogen-bond donors (Lipinski definition) is 0. The zero-order valence-corrected chi connectivity index (χ0v) is 20.2. The minimum atomic E-state index is -0.159. The SMILES string of the molecule is Cc1cccn2c(=O)c3cc(C(=O)N4CCN(c5ccccc5)CC4)n(Cc4ccccc4)c3nc12. The Labute approximate surface area is 208 Å². The number of fused-ring (bicyclic) bond motifs is 2. The first-order chi connectivity index (χ1) is 17.6. The number of aryl methyl sites for hydroxylation is 1. The van der Waals surface area contributed by atoms with E-state index >= 15 is 0 Å². The molecule has 3 aromatic heterocycles. The highest BCUT2D eigenvalue weighted by Gasteiger charge is 2.27. The van der Waals surface area contributed by atoms with Gasteiger partial charge in [0.25, 0.3) is 11.5 Å². The molecule has 7 nitrogen and oxygen atoms in total. The molecular formula is C29H27N5O2. The molecule has 1 aliphatic rings. The van der Waals surface area contributed by atoms with Crippen LogP contribution in [0.2, 0.25) is 0 Å². The van der Waals surface area contributed by atoms with Gasteiger partial charge in [-0.2, -0.15) is 0 Å². The van der Waals surface area contributed by atoms with Crippen LogP contribution < -0.4 is 10.5 Å². The van der Waals surface area contributed by atoms with Gasteiger partial charge in [0.15, 0.2) is 0 Å². The highest BCUT2D eigenvalue weighted by atomic mass is 16.2. The van der Waals surface area contributed by atoms with Gasteiger partial charge in [0.05, 0.1) is 5.39 Å². The third kappa shape index (κ3) is 3.82. The second-order valence-electron chi connectivity index (χ2n) is 9.26. The molecule has 1 saturated heterocycles. The lowest BCUT2D eigenvalue weighted by atomic mass is 10.2. The molecule has 0 spiro atoms. The number of benzene rings is 2. The number of amides is 1. The number of carbonyl (C=O) groups excluding carboxylic acids is 1. The second-order valence-corrected chi connectivity index (χ2v) is 9.26. The first kappa shape index (κ1) is 22.1. The molecule has 0 N–H and O–H groups in total. The van der Waals surface area contributed by atoms with Crippen LogP contribution >= 0.6 is 0 Å². The summed E-state index contributed by atoms with van der Waals surface area (Å²) in [6, 6.07) is 25.8. The smallest absolute Gasteiger partial charge is 0.270 e. The van der Waals surface area contributed by atoms with Crippen LogP contribution in [0, 0.1) is 6.92 Å². The number of hydrogen-bond acceptors (Lipinski definition) is 4. The van der Waals surface area contributed by atoms with Gasteiger partial charge in [-0.25, -0.2) is 4.98 Å². The molecule has 0 atom stereocenters. The summed E-state index contributed by atoms with van der Waals surface area (Å²) in [4.78, 5) is 36.3. The summed E-state index contributed by atoms with van der Waals surface area (Å²) < 4.78 is 3.47. The number of anilines is 1. The van der Waals surface area contributed by atoms with Crippen molar-refractivity contribution in [2.45, 2.75) is 13.5 Å². The van der Waals surface area contributed by atoms with Crippen molar-refractivity contribution in [3.05, 3.63) is 112 Å². The minimum absolute atomic E-state index is 0.0678. The molecule has 1 fully saturated rings. The number of carbonyl (C=O) groups is 1. The summed E-state index contributed by atoms with van der Waals surface area (Å²) >= 11 is 0. The van der Waals surface area contributed by atoms with E-state index in [0.717, 1.165) is 24.2 Å². The molecule has 0 radical (unpaired) electrons. The Morgan fingerprint density at radius 1 is 0.861 bits per heavy atom. The molecule has 36 heavy (non-hydrogen) atoms. The van der Waals surface area contributed by atoms with Crippen molar-refractivity contribution in [2.75, 3.05) is 31.1 Å². The Morgan fingerprint density at radius 2 is 1.56 bits per heavy atom. The Bertz CT molecular complexity index is 1610. The number of pyridine rings is 1. The van der Waals surface area contributed by atoms with E-state index in [1.807, 2.05) is 77.1 Å². The zero-order valence-electron chi connectivity index (χ0n) is 20.2. The maximum atomic E-state index is 13.8. The van der Waals surface area contributed by atoms with Crippen molar-refractivity contribution >= 4 is 28.3 Å². The van der Waals surface area contributed by atoms with E-state index < -0.39 is 0 Å². The summed E-state index contributed by atoms with van der Waals surface area (Å²) in [6.45, 7) is 5.17. The number of nitrogens with zero attached hydrogens (tertiary/aromatic N) is 5. The fraction of sp³-hybridized carbons (Fsp3) is 0.207. The fourth-order valence-electron chi connectivity index (χ4n) is 5.03. The quantitative estimate of drug-likeness (QED) is 0.393. The number of rotatable bonds is 4. The van der Waals surface area contributed by atoms with Gasteiger partial charge in [-0.3, -0.25) is 14.0 Å². The van der Waals surface area contributed by atoms with Gasteiger partial charge >= 0.3 is 0 Å². The van der Waals surface area contributed by atoms with Gasteiger partial charge in [-0.05, 0) is 42.3 Å². The lowest BCUT2D eigenvalue weighted by Gasteiger charge is -2.36. The lowest BCUT2D eigenvalue weighted by molar-refractivity contribution is 0.0737.